The fourth-order valence-electron chi connectivity index (χ4n) is 1.28. The van der Waals surface area contributed by atoms with E-state index in [4.69, 9.17) is 4.74 Å². The van der Waals surface area contributed by atoms with Crippen molar-refractivity contribution in [2.24, 2.45) is 0 Å². The molecule has 0 fully saturated rings. The minimum absolute atomic E-state index is 0.174. The van der Waals surface area contributed by atoms with Gasteiger partial charge in [-0.3, -0.25) is 4.79 Å². The number of aryl methyl sites for hydroxylation is 1. The maximum absolute atomic E-state index is 11.4. The molecule has 0 aliphatic rings. The van der Waals surface area contributed by atoms with Crippen LogP contribution in [0.3, 0.4) is 0 Å². The van der Waals surface area contributed by atoms with Gasteiger partial charge in [0.1, 0.15) is 11.6 Å². The normalized spacial score (nSPS) is 10.4. The van der Waals surface area contributed by atoms with E-state index in [-0.39, 0.29) is 5.78 Å². The van der Waals surface area contributed by atoms with Gasteiger partial charge in [-0.25, -0.2) is 4.98 Å². The molecule has 4 nitrogen and oxygen atoms in total. The zero-order valence-electron chi connectivity index (χ0n) is 8.69. The number of Topliss-reactive ketones (excluding diaryl/α,β-unsaturated/α-hetero) is 1. The summed E-state index contributed by atoms with van der Waals surface area (Å²) in [7, 11) is 1.60. The molecule has 1 aromatic heterocycles. The number of carbonyl (C=O) groups excluding carboxylic acids is 1. The molecule has 14 heavy (non-hydrogen) atoms. The molecule has 0 aromatic carbocycles. The van der Waals surface area contributed by atoms with Crippen LogP contribution in [0.4, 0.5) is 0 Å². The third-order valence-electron chi connectivity index (χ3n) is 2.08. The van der Waals surface area contributed by atoms with E-state index in [1.807, 2.05) is 17.7 Å². The lowest BCUT2D eigenvalue weighted by atomic mass is 10.2. The Balaban J connectivity index is 2.47. The first-order valence-corrected chi connectivity index (χ1v) is 4.78. The maximum Gasteiger partial charge on any atom is 0.142 e. The summed E-state index contributed by atoms with van der Waals surface area (Å²) in [6.07, 6.45) is 4.48. The molecule has 0 aliphatic heterocycles. The lowest BCUT2D eigenvalue weighted by Crippen LogP contribution is -2.10. The van der Waals surface area contributed by atoms with Gasteiger partial charge in [0, 0.05) is 32.5 Å². The van der Waals surface area contributed by atoms with Crippen LogP contribution in [0.2, 0.25) is 0 Å². The topological polar surface area (TPSA) is 44.1 Å². The van der Waals surface area contributed by atoms with Gasteiger partial charge in [-0.15, -0.1) is 0 Å². The number of aromatic nitrogens is 2. The molecule has 1 rings (SSSR count). The minimum Gasteiger partial charge on any atom is -0.384 e. The van der Waals surface area contributed by atoms with Crippen LogP contribution >= 0.6 is 0 Å². The second-order valence-electron chi connectivity index (χ2n) is 3.09. The van der Waals surface area contributed by atoms with Crippen molar-refractivity contribution >= 4 is 5.78 Å². The van der Waals surface area contributed by atoms with Gasteiger partial charge >= 0.3 is 0 Å². The number of hydrogen-bond acceptors (Lipinski definition) is 3. The van der Waals surface area contributed by atoms with Gasteiger partial charge in [-0.1, -0.05) is 0 Å². The van der Waals surface area contributed by atoms with Gasteiger partial charge in [0.05, 0.1) is 13.0 Å². The summed E-state index contributed by atoms with van der Waals surface area (Å²) in [6, 6.07) is 0. The Morgan fingerprint density at radius 3 is 3.07 bits per heavy atom. The summed E-state index contributed by atoms with van der Waals surface area (Å²) in [5.74, 6) is 1.02. The molecule has 1 aromatic rings. The average molecular weight is 196 g/mol. The van der Waals surface area contributed by atoms with E-state index < -0.39 is 0 Å². The van der Waals surface area contributed by atoms with Crippen molar-refractivity contribution in [2.75, 3.05) is 13.7 Å². The predicted octanol–water partition coefficient (Wildman–Crippen LogP) is 1.05. The van der Waals surface area contributed by atoms with Gasteiger partial charge in [0.15, 0.2) is 0 Å². The summed E-state index contributed by atoms with van der Waals surface area (Å²) < 4.78 is 6.82. The number of ether oxygens (including phenoxy) is 1. The van der Waals surface area contributed by atoms with Crippen LogP contribution in [0.15, 0.2) is 12.4 Å². The van der Waals surface area contributed by atoms with Crippen LogP contribution in [0.25, 0.3) is 0 Å². The minimum atomic E-state index is 0.174. The molecular formula is C10H16N2O2. The van der Waals surface area contributed by atoms with Gasteiger partial charge in [-0.2, -0.15) is 0 Å². The number of imidazole rings is 1. The highest BCUT2D eigenvalue weighted by molar-refractivity contribution is 5.80. The summed E-state index contributed by atoms with van der Waals surface area (Å²) in [5, 5.41) is 0. The molecule has 4 heteroatoms. The predicted molar refractivity (Wildman–Crippen MR) is 53.1 cm³/mol. The van der Waals surface area contributed by atoms with E-state index in [9.17, 15) is 4.79 Å². The highest BCUT2D eigenvalue weighted by Crippen LogP contribution is 2.00. The Labute approximate surface area is 83.9 Å². The third kappa shape index (κ3) is 2.96. The Bertz CT molecular complexity index is 294. The largest absolute Gasteiger partial charge is 0.384 e. The summed E-state index contributed by atoms with van der Waals surface area (Å²) >= 11 is 0. The van der Waals surface area contributed by atoms with Crippen LogP contribution in [0.1, 0.15) is 19.2 Å². The van der Waals surface area contributed by atoms with Crippen molar-refractivity contribution in [3.8, 4) is 0 Å². The van der Waals surface area contributed by atoms with Gasteiger partial charge in [0.25, 0.3) is 0 Å². The Kier molecular flexibility index (Phi) is 4.32. The van der Waals surface area contributed by atoms with Crippen LogP contribution in [0.5, 0.6) is 0 Å². The summed E-state index contributed by atoms with van der Waals surface area (Å²) in [4.78, 5) is 15.5. The highest BCUT2D eigenvalue weighted by Gasteiger charge is 2.07. The standard InChI is InChI=1S/C10H16N2O2/c1-3-12-6-5-11-10(12)8-9(13)4-7-14-2/h5-6H,3-4,7-8H2,1-2H3. The molecule has 0 spiro atoms. The second kappa shape index (κ2) is 5.54. The molecule has 0 bridgehead atoms. The Hall–Kier alpha value is -1.16. The number of nitrogens with zero attached hydrogens (tertiary/aromatic N) is 2. The zero-order chi connectivity index (χ0) is 10.4. The maximum atomic E-state index is 11.4. The van der Waals surface area contributed by atoms with Gasteiger partial charge in [0.2, 0.25) is 0 Å². The van der Waals surface area contributed by atoms with Crippen LogP contribution in [-0.2, 0) is 22.5 Å². The van der Waals surface area contributed by atoms with Crippen molar-refractivity contribution in [3.05, 3.63) is 18.2 Å². The van der Waals surface area contributed by atoms with Crippen molar-refractivity contribution in [2.45, 2.75) is 26.3 Å². The quantitative estimate of drug-likeness (QED) is 0.683. The van der Waals surface area contributed by atoms with Crippen molar-refractivity contribution in [3.63, 3.8) is 0 Å². The number of carbonyl (C=O) groups is 1. The van der Waals surface area contributed by atoms with Crippen molar-refractivity contribution in [1.29, 1.82) is 0 Å². The van der Waals surface area contributed by atoms with Crippen LogP contribution in [0, 0.1) is 0 Å². The molecule has 0 saturated heterocycles. The zero-order valence-corrected chi connectivity index (χ0v) is 8.69. The Morgan fingerprint density at radius 1 is 1.64 bits per heavy atom. The molecule has 0 saturated carbocycles. The Morgan fingerprint density at radius 2 is 2.43 bits per heavy atom. The first-order valence-electron chi connectivity index (χ1n) is 4.78. The molecule has 0 atom stereocenters. The molecule has 0 radical (unpaired) electrons. The van der Waals surface area contributed by atoms with Crippen LogP contribution in [-0.4, -0.2) is 29.1 Å². The molecule has 0 aliphatic carbocycles. The molecule has 0 amide bonds. The van der Waals surface area contributed by atoms with E-state index in [1.54, 1.807) is 13.3 Å². The molecule has 1 heterocycles. The number of rotatable bonds is 6. The van der Waals surface area contributed by atoms with Crippen molar-refractivity contribution in [1.82, 2.24) is 9.55 Å². The van der Waals surface area contributed by atoms with E-state index >= 15 is 0 Å². The highest BCUT2D eigenvalue weighted by atomic mass is 16.5. The first kappa shape index (κ1) is 10.9. The fraction of sp³-hybridized carbons (Fsp3) is 0.600. The number of methoxy groups -OCH3 is 1. The molecule has 78 valence electrons. The fourth-order valence-corrected chi connectivity index (χ4v) is 1.28. The number of ketones is 1. The summed E-state index contributed by atoms with van der Waals surface area (Å²) in [6.45, 7) is 3.38. The van der Waals surface area contributed by atoms with E-state index in [2.05, 4.69) is 4.98 Å². The SMILES string of the molecule is CCn1ccnc1CC(=O)CCOC. The van der Waals surface area contributed by atoms with Crippen molar-refractivity contribution < 1.29 is 9.53 Å². The second-order valence-corrected chi connectivity index (χ2v) is 3.09. The summed E-state index contributed by atoms with van der Waals surface area (Å²) in [5.41, 5.74) is 0. The monoisotopic (exact) mass is 196 g/mol. The van der Waals surface area contributed by atoms with Crippen LogP contribution < -0.4 is 0 Å². The van der Waals surface area contributed by atoms with Gasteiger partial charge in [-0.05, 0) is 6.92 Å². The van der Waals surface area contributed by atoms with Gasteiger partial charge < -0.3 is 9.30 Å². The molecular weight excluding hydrogens is 180 g/mol. The smallest absolute Gasteiger partial charge is 0.142 e. The molecule has 0 N–H and O–H groups in total. The number of hydrogen-bond donors (Lipinski definition) is 0. The van der Waals surface area contributed by atoms with E-state index in [0.717, 1.165) is 12.4 Å². The lowest BCUT2D eigenvalue weighted by molar-refractivity contribution is -0.119. The van der Waals surface area contributed by atoms with E-state index in [1.165, 1.54) is 0 Å². The first-order chi connectivity index (χ1) is 6.77. The van der Waals surface area contributed by atoms with E-state index in [0.29, 0.717) is 19.4 Å². The molecule has 0 unspecified atom stereocenters. The third-order valence-corrected chi connectivity index (χ3v) is 2.08. The average Bonchev–Trinajstić information content (AvgIpc) is 2.62. The lowest BCUT2D eigenvalue weighted by Gasteiger charge is -2.03.